The largest absolute Gasteiger partial charge is 0.331 e. The molecule has 0 bridgehead atoms. The summed E-state index contributed by atoms with van der Waals surface area (Å²) >= 11 is 1.15. The van der Waals surface area contributed by atoms with Crippen LogP contribution in [0.5, 0.6) is 0 Å². The molecule has 0 amide bonds. The Bertz CT molecular complexity index is 1560. The Hall–Kier alpha value is -2.64. The number of sulfone groups is 1. The first-order valence-corrected chi connectivity index (χ1v) is 13.6. The minimum Gasteiger partial charge on any atom is -0.331 e. The predicted octanol–water partition coefficient (Wildman–Crippen LogP) is 0.199. The average molecular weight is 616 g/mol. The quantitative estimate of drug-likeness (QED) is 0.223. The second-order valence-corrected chi connectivity index (χ2v) is 10.9. The molecule has 1 fully saturated rings. The van der Waals surface area contributed by atoms with Crippen LogP contribution in [0.3, 0.4) is 0 Å². The van der Waals surface area contributed by atoms with E-state index in [-0.39, 0.29) is 24.5 Å². The molecule has 0 atom stereocenters. The lowest BCUT2D eigenvalue weighted by Gasteiger charge is -2.28. The third-order valence-corrected chi connectivity index (χ3v) is 8.53. The minimum absolute atomic E-state index is 0.0575. The number of halogens is 1. The third kappa shape index (κ3) is 4.39. The number of rotatable bonds is 5. The van der Waals surface area contributed by atoms with Gasteiger partial charge in [0.15, 0.2) is 9.84 Å². The van der Waals surface area contributed by atoms with Crippen LogP contribution in [0.1, 0.15) is 0 Å². The van der Waals surface area contributed by atoms with E-state index in [0.717, 1.165) is 23.0 Å². The number of nitrogens with one attached hydrogen (secondary N) is 2. The van der Waals surface area contributed by atoms with Crippen LogP contribution < -0.4 is 10.5 Å². The monoisotopic (exact) mass is 616 g/mol. The van der Waals surface area contributed by atoms with Crippen molar-refractivity contribution in [3.8, 4) is 22.5 Å². The van der Waals surface area contributed by atoms with Crippen molar-refractivity contribution in [2.45, 2.75) is 15.0 Å². The summed E-state index contributed by atoms with van der Waals surface area (Å²) in [6.07, 6.45) is 3.09. The molecule has 3 heterocycles. The molecular formula is C18H17IN8O5S2. The Kier molecular flexibility index (Phi) is 6.87. The molecular weight excluding hydrogens is 599 g/mol. The van der Waals surface area contributed by atoms with E-state index in [1.54, 1.807) is 24.4 Å². The fraction of sp³-hybridized carbons (Fsp3) is 0.167. The molecule has 0 radical (unpaired) electrons. The Morgan fingerprint density at radius 1 is 1.00 bits per heavy atom. The Labute approximate surface area is 207 Å². The molecule has 2 aromatic heterocycles. The lowest BCUT2D eigenvalue weighted by molar-refractivity contribution is 0.493. The van der Waals surface area contributed by atoms with Gasteiger partial charge in [-0.05, 0) is 34.5 Å². The number of H-pyrrole nitrogens is 1. The summed E-state index contributed by atoms with van der Waals surface area (Å²) in [6.45, 7) is 0.435. The summed E-state index contributed by atoms with van der Waals surface area (Å²) in [6, 6.07) is 7.91. The van der Waals surface area contributed by atoms with E-state index in [4.69, 9.17) is 8.57 Å². The molecule has 178 valence electrons. The van der Waals surface area contributed by atoms with Crippen molar-refractivity contribution in [1.82, 2.24) is 35.9 Å². The van der Waals surface area contributed by atoms with Crippen LogP contribution in [0.25, 0.3) is 33.5 Å². The highest BCUT2D eigenvalue weighted by Crippen LogP contribution is 2.40. The number of nitrogens with two attached hydrogens (primary N) is 1. The first-order chi connectivity index (χ1) is 16.3. The minimum atomic E-state index is -4.51. The highest BCUT2D eigenvalue weighted by molar-refractivity contribution is 14.1. The smallest absolute Gasteiger partial charge is 0.240 e. The zero-order valence-corrected chi connectivity index (χ0v) is 20.9. The van der Waals surface area contributed by atoms with E-state index in [0.29, 0.717) is 22.2 Å². The summed E-state index contributed by atoms with van der Waals surface area (Å²) < 4.78 is 58.8. The van der Waals surface area contributed by atoms with Gasteiger partial charge in [0, 0.05) is 25.5 Å². The highest BCUT2D eigenvalue weighted by atomic mass is 127. The van der Waals surface area contributed by atoms with Gasteiger partial charge in [0.1, 0.15) is 27.9 Å². The van der Waals surface area contributed by atoms with Gasteiger partial charge < -0.3 is 8.75 Å². The van der Waals surface area contributed by atoms with Crippen molar-refractivity contribution in [2.24, 2.45) is 5.14 Å². The third-order valence-electron chi connectivity index (χ3n) is 5.24. The van der Waals surface area contributed by atoms with Crippen molar-refractivity contribution in [3.63, 3.8) is 0 Å². The molecule has 0 spiro atoms. The fourth-order valence-corrected chi connectivity index (χ4v) is 6.78. The number of nitrogens with zero attached hydrogens (tertiary/aromatic N) is 5. The maximum Gasteiger partial charge on any atom is 0.240 e. The molecule has 1 saturated heterocycles. The van der Waals surface area contributed by atoms with Crippen molar-refractivity contribution in [3.05, 3.63) is 42.7 Å². The van der Waals surface area contributed by atoms with Crippen molar-refractivity contribution in [1.29, 1.82) is 0 Å². The van der Waals surface area contributed by atoms with Crippen LogP contribution >= 0.6 is 23.0 Å². The van der Waals surface area contributed by atoms with Crippen molar-refractivity contribution >= 4 is 53.9 Å². The summed E-state index contributed by atoms with van der Waals surface area (Å²) in [5, 5.41) is 21.3. The second kappa shape index (κ2) is 9.55. The van der Waals surface area contributed by atoms with Gasteiger partial charge in [-0.15, -0.1) is 10.2 Å². The second-order valence-electron chi connectivity index (χ2n) is 7.18. The van der Waals surface area contributed by atoms with Gasteiger partial charge in [-0.1, -0.05) is 12.1 Å². The maximum atomic E-state index is 13.2. The molecule has 1 aliphatic rings. The van der Waals surface area contributed by atoms with Crippen LogP contribution in [0, 0.1) is 0 Å². The summed E-state index contributed by atoms with van der Waals surface area (Å²) in [5.74, 6) is -0.105. The maximum absolute atomic E-state index is 13.2. The molecule has 4 aromatic rings. The molecule has 0 unspecified atom stereocenters. The Morgan fingerprint density at radius 3 is 2.29 bits per heavy atom. The van der Waals surface area contributed by atoms with Gasteiger partial charge in [0.25, 0.3) is 0 Å². The number of primary sulfonamides is 1. The summed E-state index contributed by atoms with van der Waals surface area (Å²) in [7, 11) is -8.51. The Balaban J connectivity index is 0.00000133. The zero-order valence-electron chi connectivity index (χ0n) is 17.1. The predicted molar refractivity (Wildman–Crippen MR) is 130 cm³/mol. The number of fused-ring (bicyclic) bond motifs is 1. The number of sulfonamides is 1. The van der Waals surface area contributed by atoms with Gasteiger partial charge in [0.2, 0.25) is 15.8 Å². The number of aromatic amines is 1. The summed E-state index contributed by atoms with van der Waals surface area (Å²) in [5.41, 5.74) is 2.06. The molecule has 0 saturated carbocycles. The standard InChI is InChI=1S/C18H16N8O4S2.HIO/c19-32(29,30)17-15(31(27,28)11-8-20-9-11)4-2-12(16(17)18-23-25-26-24-18)10-1-3-13-14(7-10)22-6-5-21-13;1-2/h1-7,11,20H,8-9H2,(H2,19,29,30)(H,23,24,25,26);2H. The zero-order chi connectivity index (χ0) is 24.5. The van der Waals surface area contributed by atoms with E-state index in [1.807, 2.05) is 0 Å². The normalized spacial score (nSPS) is 14.3. The van der Waals surface area contributed by atoms with Gasteiger partial charge in [-0.25, -0.2) is 22.0 Å². The number of aromatic nitrogens is 6. The van der Waals surface area contributed by atoms with Gasteiger partial charge in [-0.3, -0.25) is 9.97 Å². The van der Waals surface area contributed by atoms with Crippen molar-refractivity contribution < 1.29 is 20.3 Å². The van der Waals surface area contributed by atoms with E-state index < -0.39 is 34.9 Å². The van der Waals surface area contributed by atoms with Gasteiger partial charge in [-0.2, -0.15) is 5.21 Å². The van der Waals surface area contributed by atoms with Gasteiger partial charge >= 0.3 is 0 Å². The number of hydrogen-bond donors (Lipinski definition) is 4. The topological polar surface area (TPSA) is 207 Å². The number of benzene rings is 2. The SMILES string of the molecule is NS(=O)(=O)c1c(S(=O)(=O)C2CNC2)ccc(-c2ccc3nccnc3c2)c1-c1nn[nH]n1.OI. The molecule has 16 heteroatoms. The summed E-state index contributed by atoms with van der Waals surface area (Å²) in [4.78, 5) is 7.54. The molecule has 0 aliphatic carbocycles. The van der Waals surface area contributed by atoms with Crippen LogP contribution in [0.2, 0.25) is 0 Å². The number of tetrazole rings is 1. The van der Waals surface area contributed by atoms with E-state index >= 15 is 0 Å². The lowest BCUT2D eigenvalue weighted by Crippen LogP contribution is -2.51. The van der Waals surface area contributed by atoms with E-state index in [1.165, 1.54) is 18.3 Å². The van der Waals surface area contributed by atoms with Crippen LogP contribution in [0.15, 0.2) is 52.5 Å². The molecule has 5 N–H and O–H groups in total. The molecule has 34 heavy (non-hydrogen) atoms. The average Bonchev–Trinajstić information content (AvgIpc) is 3.32. The fourth-order valence-electron chi connectivity index (χ4n) is 3.59. The van der Waals surface area contributed by atoms with Crippen LogP contribution in [-0.4, -0.2) is 69.2 Å². The highest BCUT2D eigenvalue weighted by Gasteiger charge is 2.38. The van der Waals surface area contributed by atoms with Crippen LogP contribution in [0.4, 0.5) is 0 Å². The number of hydrogen-bond acceptors (Lipinski definition) is 11. The van der Waals surface area contributed by atoms with Gasteiger partial charge in [0.05, 0.1) is 26.7 Å². The van der Waals surface area contributed by atoms with E-state index in [9.17, 15) is 16.8 Å². The van der Waals surface area contributed by atoms with Crippen LogP contribution in [-0.2, 0) is 19.9 Å². The van der Waals surface area contributed by atoms with Crippen molar-refractivity contribution in [2.75, 3.05) is 13.1 Å². The van der Waals surface area contributed by atoms with E-state index in [2.05, 4.69) is 35.9 Å². The first-order valence-electron chi connectivity index (χ1n) is 9.53. The lowest BCUT2D eigenvalue weighted by atomic mass is 9.98. The molecule has 5 rings (SSSR count). The molecule has 13 nitrogen and oxygen atoms in total. The Morgan fingerprint density at radius 2 is 1.71 bits per heavy atom. The first kappa shape index (κ1) is 24.5. The molecule has 2 aromatic carbocycles. The molecule has 1 aliphatic heterocycles.